The van der Waals surface area contributed by atoms with Gasteiger partial charge in [0.2, 0.25) is 0 Å². The third-order valence-corrected chi connectivity index (χ3v) is 2.96. The van der Waals surface area contributed by atoms with Crippen LogP contribution in [0, 0.1) is 0 Å². The standard InChI is InChI=1S/C10H8BrNO3/c1-15-10(14)7-4-5-6(12-7)2-3-8(13)9(5)11/h2-4,12-13H,1H3. The number of hydrogen-bond acceptors (Lipinski definition) is 3. The zero-order chi connectivity index (χ0) is 11.0. The maximum Gasteiger partial charge on any atom is 0.354 e. The Morgan fingerprint density at radius 2 is 2.27 bits per heavy atom. The van der Waals surface area contributed by atoms with Gasteiger partial charge in [0.15, 0.2) is 0 Å². The second kappa shape index (κ2) is 3.58. The summed E-state index contributed by atoms with van der Waals surface area (Å²) in [7, 11) is 1.32. The molecule has 0 fully saturated rings. The molecule has 0 aliphatic heterocycles. The van der Waals surface area contributed by atoms with E-state index >= 15 is 0 Å². The van der Waals surface area contributed by atoms with Crippen molar-refractivity contribution in [3.05, 3.63) is 28.4 Å². The van der Waals surface area contributed by atoms with E-state index in [-0.39, 0.29) is 5.75 Å². The second-order valence-electron chi connectivity index (χ2n) is 3.03. The molecule has 1 aromatic carbocycles. The van der Waals surface area contributed by atoms with Crippen LogP contribution in [0.2, 0.25) is 0 Å². The molecule has 1 heterocycles. The average Bonchev–Trinajstić information content (AvgIpc) is 2.67. The number of H-pyrrole nitrogens is 1. The summed E-state index contributed by atoms with van der Waals surface area (Å²) in [5, 5.41) is 10.2. The lowest BCUT2D eigenvalue weighted by atomic mass is 10.2. The van der Waals surface area contributed by atoms with Crippen LogP contribution in [0.15, 0.2) is 22.7 Å². The topological polar surface area (TPSA) is 62.3 Å². The first-order valence-corrected chi connectivity index (χ1v) is 5.01. The van der Waals surface area contributed by atoms with E-state index in [4.69, 9.17) is 0 Å². The number of methoxy groups -OCH3 is 1. The van der Waals surface area contributed by atoms with Crippen LogP contribution in [0.5, 0.6) is 5.75 Å². The molecule has 0 atom stereocenters. The van der Waals surface area contributed by atoms with Crippen LogP contribution in [-0.4, -0.2) is 23.2 Å². The van der Waals surface area contributed by atoms with Crippen molar-refractivity contribution in [1.82, 2.24) is 4.98 Å². The molecule has 0 amide bonds. The Morgan fingerprint density at radius 3 is 2.93 bits per heavy atom. The van der Waals surface area contributed by atoms with Crippen LogP contribution in [0.4, 0.5) is 0 Å². The average molecular weight is 270 g/mol. The zero-order valence-electron chi connectivity index (χ0n) is 7.87. The molecule has 2 rings (SSSR count). The minimum Gasteiger partial charge on any atom is -0.507 e. The van der Waals surface area contributed by atoms with Gasteiger partial charge in [-0.05, 0) is 34.1 Å². The van der Waals surface area contributed by atoms with Crippen molar-refractivity contribution in [1.29, 1.82) is 0 Å². The highest BCUT2D eigenvalue weighted by atomic mass is 79.9. The van der Waals surface area contributed by atoms with Crippen molar-refractivity contribution in [2.24, 2.45) is 0 Å². The van der Waals surface area contributed by atoms with Crippen molar-refractivity contribution in [2.45, 2.75) is 0 Å². The number of fused-ring (bicyclic) bond motifs is 1. The number of benzene rings is 1. The van der Waals surface area contributed by atoms with Crippen molar-refractivity contribution in [3.63, 3.8) is 0 Å². The third kappa shape index (κ3) is 1.59. The highest BCUT2D eigenvalue weighted by Gasteiger charge is 2.12. The van der Waals surface area contributed by atoms with E-state index in [0.717, 1.165) is 10.9 Å². The van der Waals surface area contributed by atoms with Gasteiger partial charge in [-0.1, -0.05) is 0 Å². The highest BCUT2D eigenvalue weighted by molar-refractivity contribution is 9.10. The summed E-state index contributed by atoms with van der Waals surface area (Å²) < 4.78 is 5.15. The molecule has 2 aromatic rings. The number of ether oxygens (including phenoxy) is 1. The minimum atomic E-state index is -0.433. The summed E-state index contributed by atoms with van der Waals surface area (Å²) in [5.41, 5.74) is 1.12. The molecule has 5 heteroatoms. The number of esters is 1. The SMILES string of the molecule is COC(=O)c1cc2c(Br)c(O)ccc2[nH]1. The van der Waals surface area contributed by atoms with Crippen molar-refractivity contribution in [3.8, 4) is 5.75 Å². The number of aromatic nitrogens is 1. The van der Waals surface area contributed by atoms with E-state index in [1.165, 1.54) is 7.11 Å². The van der Waals surface area contributed by atoms with Gasteiger partial charge >= 0.3 is 5.97 Å². The van der Waals surface area contributed by atoms with Crippen LogP contribution in [0.25, 0.3) is 10.9 Å². The Morgan fingerprint density at radius 1 is 1.53 bits per heavy atom. The van der Waals surface area contributed by atoms with Crippen molar-refractivity contribution < 1.29 is 14.6 Å². The fraction of sp³-hybridized carbons (Fsp3) is 0.100. The molecule has 15 heavy (non-hydrogen) atoms. The Hall–Kier alpha value is -1.49. The highest BCUT2D eigenvalue weighted by Crippen LogP contribution is 2.32. The number of halogens is 1. The lowest BCUT2D eigenvalue weighted by molar-refractivity contribution is 0.0595. The first kappa shape index (κ1) is 10.0. The first-order valence-electron chi connectivity index (χ1n) is 4.22. The number of rotatable bonds is 1. The van der Waals surface area contributed by atoms with Crippen LogP contribution in [0.1, 0.15) is 10.5 Å². The van der Waals surface area contributed by atoms with Gasteiger partial charge in [-0.25, -0.2) is 4.79 Å². The molecular formula is C10H8BrNO3. The quantitative estimate of drug-likeness (QED) is 0.782. The molecule has 0 saturated carbocycles. The Balaban J connectivity index is 2.66. The summed E-state index contributed by atoms with van der Waals surface area (Å²) in [6.45, 7) is 0. The maximum atomic E-state index is 11.2. The van der Waals surface area contributed by atoms with Gasteiger partial charge in [0, 0.05) is 10.9 Å². The largest absolute Gasteiger partial charge is 0.507 e. The molecule has 0 bridgehead atoms. The van der Waals surface area contributed by atoms with Crippen LogP contribution < -0.4 is 0 Å². The van der Waals surface area contributed by atoms with Crippen LogP contribution >= 0.6 is 15.9 Å². The minimum absolute atomic E-state index is 0.137. The van der Waals surface area contributed by atoms with Gasteiger partial charge in [-0.15, -0.1) is 0 Å². The number of hydrogen-bond donors (Lipinski definition) is 2. The first-order chi connectivity index (χ1) is 7.13. The number of aromatic hydroxyl groups is 1. The maximum absolute atomic E-state index is 11.2. The van der Waals surface area contributed by atoms with E-state index in [1.54, 1.807) is 18.2 Å². The van der Waals surface area contributed by atoms with Crippen LogP contribution in [0.3, 0.4) is 0 Å². The summed E-state index contributed by atoms with van der Waals surface area (Å²) in [6, 6.07) is 4.87. The van der Waals surface area contributed by atoms with E-state index in [9.17, 15) is 9.90 Å². The fourth-order valence-electron chi connectivity index (χ4n) is 1.38. The normalized spacial score (nSPS) is 10.5. The third-order valence-electron chi connectivity index (χ3n) is 2.12. The molecule has 0 saturated heterocycles. The molecule has 4 nitrogen and oxygen atoms in total. The molecule has 2 N–H and O–H groups in total. The molecular weight excluding hydrogens is 262 g/mol. The summed E-state index contributed by atoms with van der Waals surface area (Å²) in [6.07, 6.45) is 0. The lowest BCUT2D eigenvalue weighted by Crippen LogP contribution is -2.00. The molecule has 0 aliphatic rings. The molecule has 1 aromatic heterocycles. The Kier molecular flexibility index (Phi) is 2.40. The van der Waals surface area contributed by atoms with Gasteiger partial charge in [0.25, 0.3) is 0 Å². The van der Waals surface area contributed by atoms with E-state index in [1.807, 2.05) is 0 Å². The van der Waals surface area contributed by atoms with Gasteiger partial charge in [0.05, 0.1) is 11.6 Å². The number of carbonyl (C=O) groups excluding carboxylic acids is 1. The van der Waals surface area contributed by atoms with E-state index < -0.39 is 5.97 Å². The van der Waals surface area contributed by atoms with Crippen LogP contribution in [-0.2, 0) is 4.74 Å². The van der Waals surface area contributed by atoms with Gasteiger partial charge in [-0.2, -0.15) is 0 Å². The van der Waals surface area contributed by atoms with Gasteiger partial charge in [0.1, 0.15) is 11.4 Å². The second-order valence-corrected chi connectivity index (χ2v) is 3.83. The lowest BCUT2D eigenvalue weighted by Gasteiger charge is -1.96. The predicted octanol–water partition coefficient (Wildman–Crippen LogP) is 2.42. The molecule has 78 valence electrons. The summed E-state index contributed by atoms with van der Waals surface area (Å²) in [5.74, 6) is -0.296. The Labute approximate surface area is 94.0 Å². The molecule has 0 radical (unpaired) electrons. The van der Waals surface area contributed by atoms with Crippen molar-refractivity contribution >= 4 is 32.8 Å². The fourth-order valence-corrected chi connectivity index (χ4v) is 1.84. The summed E-state index contributed by atoms with van der Waals surface area (Å²) in [4.78, 5) is 14.1. The number of phenols is 1. The number of aromatic amines is 1. The Bertz CT molecular complexity index is 533. The molecule has 0 unspecified atom stereocenters. The van der Waals surface area contributed by atoms with Gasteiger partial charge in [-0.3, -0.25) is 0 Å². The zero-order valence-corrected chi connectivity index (χ0v) is 9.46. The smallest absolute Gasteiger partial charge is 0.354 e. The monoisotopic (exact) mass is 269 g/mol. The number of nitrogens with one attached hydrogen (secondary N) is 1. The number of phenolic OH excluding ortho intramolecular Hbond substituents is 1. The molecule has 0 aliphatic carbocycles. The van der Waals surface area contributed by atoms with Crippen molar-refractivity contribution in [2.75, 3.05) is 7.11 Å². The molecule has 0 spiro atoms. The number of carbonyl (C=O) groups is 1. The summed E-state index contributed by atoms with van der Waals surface area (Å²) >= 11 is 3.24. The van der Waals surface area contributed by atoms with E-state index in [2.05, 4.69) is 25.7 Å². The van der Waals surface area contributed by atoms with Gasteiger partial charge < -0.3 is 14.8 Å². The predicted molar refractivity (Wildman–Crippen MR) is 59.0 cm³/mol. The van der Waals surface area contributed by atoms with E-state index in [0.29, 0.717) is 10.2 Å².